The van der Waals surface area contributed by atoms with Gasteiger partial charge in [-0.15, -0.1) is 0 Å². The van der Waals surface area contributed by atoms with Crippen molar-refractivity contribution in [2.45, 2.75) is 19.4 Å². The zero-order chi connectivity index (χ0) is 11.5. The van der Waals surface area contributed by atoms with E-state index in [4.69, 9.17) is 15.2 Å². The number of hydrogen-bond acceptors (Lipinski definition) is 3. The van der Waals surface area contributed by atoms with E-state index in [0.29, 0.717) is 6.61 Å². The SMILES string of the molecule is COc1ccc2c(c1)C=C(CC(C)N)CO2. The molecule has 3 heteroatoms. The lowest BCUT2D eigenvalue weighted by Crippen LogP contribution is -2.19. The lowest BCUT2D eigenvalue weighted by molar-refractivity contribution is 0.339. The molecule has 0 radical (unpaired) electrons. The predicted octanol–water partition coefficient (Wildman–Crippen LogP) is 2.21. The summed E-state index contributed by atoms with van der Waals surface area (Å²) in [5.41, 5.74) is 8.08. The third kappa shape index (κ3) is 2.36. The number of rotatable bonds is 3. The van der Waals surface area contributed by atoms with Gasteiger partial charge in [-0.1, -0.05) is 0 Å². The first-order chi connectivity index (χ1) is 7.69. The van der Waals surface area contributed by atoms with Gasteiger partial charge < -0.3 is 15.2 Å². The molecule has 0 saturated heterocycles. The van der Waals surface area contributed by atoms with Crippen molar-refractivity contribution in [1.29, 1.82) is 0 Å². The second-order valence-electron chi connectivity index (χ2n) is 4.18. The Labute approximate surface area is 95.9 Å². The summed E-state index contributed by atoms with van der Waals surface area (Å²) in [4.78, 5) is 0. The van der Waals surface area contributed by atoms with Crippen molar-refractivity contribution < 1.29 is 9.47 Å². The van der Waals surface area contributed by atoms with Crippen molar-refractivity contribution in [2.24, 2.45) is 5.73 Å². The molecule has 1 unspecified atom stereocenters. The Bertz CT molecular complexity index is 410. The number of methoxy groups -OCH3 is 1. The van der Waals surface area contributed by atoms with Crippen molar-refractivity contribution >= 4 is 6.08 Å². The maximum atomic E-state index is 5.78. The molecule has 1 aliphatic rings. The summed E-state index contributed by atoms with van der Waals surface area (Å²) in [5.74, 6) is 1.76. The first-order valence-electron chi connectivity index (χ1n) is 5.45. The van der Waals surface area contributed by atoms with Crippen LogP contribution in [-0.2, 0) is 0 Å². The van der Waals surface area contributed by atoms with Crippen LogP contribution in [0, 0.1) is 0 Å². The molecule has 2 N–H and O–H groups in total. The van der Waals surface area contributed by atoms with E-state index in [-0.39, 0.29) is 6.04 Å². The molecular weight excluding hydrogens is 202 g/mol. The molecule has 0 fully saturated rings. The van der Waals surface area contributed by atoms with Gasteiger partial charge in [-0.25, -0.2) is 0 Å². The molecule has 0 spiro atoms. The Kier molecular flexibility index (Phi) is 3.15. The van der Waals surface area contributed by atoms with E-state index in [1.54, 1.807) is 7.11 Å². The highest BCUT2D eigenvalue weighted by molar-refractivity contribution is 5.64. The minimum Gasteiger partial charge on any atom is -0.497 e. The first kappa shape index (κ1) is 11.0. The van der Waals surface area contributed by atoms with Crippen LogP contribution >= 0.6 is 0 Å². The van der Waals surface area contributed by atoms with Gasteiger partial charge in [-0.05, 0) is 43.2 Å². The molecule has 86 valence electrons. The Balaban J connectivity index is 2.26. The van der Waals surface area contributed by atoms with Gasteiger partial charge in [0.1, 0.15) is 18.1 Å². The minimum atomic E-state index is 0.169. The zero-order valence-corrected chi connectivity index (χ0v) is 9.69. The molecular formula is C13H17NO2. The Morgan fingerprint density at radius 3 is 3.00 bits per heavy atom. The highest BCUT2D eigenvalue weighted by Crippen LogP contribution is 2.30. The van der Waals surface area contributed by atoms with Crippen molar-refractivity contribution in [2.75, 3.05) is 13.7 Å². The van der Waals surface area contributed by atoms with Crippen LogP contribution in [0.1, 0.15) is 18.9 Å². The third-order valence-electron chi connectivity index (χ3n) is 2.57. The molecule has 1 aliphatic heterocycles. The third-order valence-corrected chi connectivity index (χ3v) is 2.57. The van der Waals surface area contributed by atoms with Crippen LogP contribution in [0.15, 0.2) is 23.8 Å². The van der Waals surface area contributed by atoms with E-state index in [1.165, 1.54) is 5.57 Å². The molecule has 3 nitrogen and oxygen atoms in total. The van der Waals surface area contributed by atoms with Crippen LogP contribution in [-0.4, -0.2) is 19.8 Å². The average Bonchev–Trinajstić information content (AvgIpc) is 2.27. The summed E-state index contributed by atoms with van der Waals surface area (Å²) in [6.07, 6.45) is 3.02. The fraction of sp³-hybridized carbons (Fsp3) is 0.385. The highest BCUT2D eigenvalue weighted by Gasteiger charge is 2.12. The van der Waals surface area contributed by atoms with Crippen molar-refractivity contribution in [3.63, 3.8) is 0 Å². The largest absolute Gasteiger partial charge is 0.497 e. The average molecular weight is 219 g/mol. The van der Waals surface area contributed by atoms with Crippen LogP contribution in [0.25, 0.3) is 6.08 Å². The normalized spacial score (nSPS) is 15.8. The van der Waals surface area contributed by atoms with E-state index < -0.39 is 0 Å². The second-order valence-corrected chi connectivity index (χ2v) is 4.18. The summed E-state index contributed by atoms with van der Waals surface area (Å²) in [6.45, 7) is 2.64. The molecule has 0 aromatic heterocycles. The molecule has 0 bridgehead atoms. The molecule has 16 heavy (non-hydrogen) atoms. The Hall–Kier alpha value is -1.48. The van der Waals surface area contributed by atoms with Crippen molar-refractivity contribution in [3.8, 4) is 11.5 Å². The molecule has 2 rings (SSSR count). The van der Waals surface area contributed by atoms with Gasteiger partial charge in [0.25, 0.3) is 0 Å². The van der Waals surface area contributed by atoms with Crippen LogP contribution in [0.5, 0.6) is 11.5 Å². The standard InChI is InChI=1S/C13H17NO2/c1-9(14)5-10-6-11-7-12(15-2)3-4-13(11)16-8-10/h3-4,6-7,9H,5,8,14H2,1-2H3. The number of nitrogens with two attached hydrogens (primary N) is 1. The number of hydrogen-bond donors (Lipinski definition) is 1. The summed E-state index contributed by atoms with van der Waals surface area (Å²) >= 11 is 0. The Morgan fingerprint density at radius 2 is 2.31 bits per heavy atom. The topological polar surface area (TPSA) is 44.5 Å². The number of fused-ring (bicyclic) bond motifs is 1. The lowest BCUT2D eigenvalue weighted by atomic mass is 10.0. The van der Waals surface area contributed by atoms with E-state index in [9.17, 15) is 0 Å². The Morgan fingerprint density at radius 1 is 1.50 bits per heavy atom. The van der Waals surface area contributed by atoms with Crippen LogP contribution in [0.2, 0.25) is 0 Å². The van der Waals surface area contributed by atoms with E-state index in [2.05, 4.69) is 6.08 Å². The molecule has 0 amide bonds. The van der Waals surface area contributed by atoms with Crippen LogP contribution in [0.3, 0.4) is 0 Å². The molecule has 1 atom stereocenters. The summed E-state index contributed by atoms with van der Waals surface area (Å²) in [6, 6.07) is 5.99. The molecule has 1 aromatic carbocycles. The van der Waals surface area contributed by atoms with Crippen LogP contribution < -0.4 is 15.2 Å². The number of ether oxygens (including phenoxy) is 2. The number of benzene rings is 1. The lowest BCUT2D eigenvalue weighted by Gasteiger charge is -2.19. The fourth-order valence-corrected chi connectivity index (χ4v) is 1.86. The van der Waals surface area contributed by atoms with Gasteiger partial charge in [0, 0.05) is 11.6 Å². The molecule has 0 aliphatic carbocycles. The monoisotopic (exact) mass is 219 g/mol. The summed E-state index contributed by atoms with van der Waals surface area (Å²) < 4.78 is 10.8. The molecule has 1 aromatic rings. The maximum absolute atomic E-state index is 5.78. The van der Waals surface area contributed by atoms with Gasteiger partial charge in [-0.2, -0.15) is 0 Å². The van der Waals surface area contributed by atoms with Gasteiger partial charge in [-0.3, -0.25) is 0 Å². The summed E-state index contributed by atoms with van der Waals surface area (Å²) in [7, 11) is 1.66. The quantitative estimate of drug-likeness (QED) is 0.847. The second kappa shape index (κ2) is 4.58. The molecule has 1 heterocycles. The first-order valence-corrected chi connectivity index (χ1v) is 5.45. The predicted molar refractivity (Wildman–Crippen MR) is 64.7 cm³/mol. The van der Waals surface area contributed by atoms with Gasteiger partial charge in [0.15, 0.2) is 0 Å². The smallest absolute Gasteiger partial charge is 0.127 e. The van der Waals surface area contributed by atoms with E-state index in [0.717, 1.165) is 23.5 Å². The van der Waals surface area contributed by atoms with E-state index in [1.807, 2.05) is 25.1 Å². The minimum absolute atomic E-state index is 0.169. The van der Waals surface area contributed by atoms with Crippen molar-refractivity contribution in [1.82, 2.24) is 0 Å². The van der Waals surface area contributed by atoms with E-state index >= 15 is 0 Å². The maximum Gasteiger partial charge on any atom is 0.127 e. The van der Waals surface area contributed by atoms with Gasteiger partial charge >= 0.3 is 0 Å². The fourth-order valence-electron chi connectivity index (χ4n) is 1.86. The summed E-state index contributed by atoms with van der Waals surface area (Å²) in [5, 5.41) is 0. The van der Waals surface area contributed by atoms with Gasteiger partial charge in [0.2, 0.25) is 0 Å². The highest BCUT2D eigenvalue weighted by atomic mass is 16.5. The van der Waals surface area contributed by atoms with Crippen molar-refractivity contribution in [3.05, 3.63) is 29.3 Å². The van der Waals surface area contributed by atoms with Crippen LogP contribution in [0.4, 0.5) is 0 Å². The zero-order valence-electron chi connectivity index (χ0n) is 9.69. The molecule has 0 saturated carbocycles. The van der Waals surface area contributed by atoms with Gasteiger partial charge in [0.05, 0.1) is 7.11 Å².